The van der Waals surface area contributed by atoms with Crippen molar-refractivity contribution in [3.63, 3.8) is 0 Å². The Balaban J connectivity index is 6.03. The van der Waals surface area contributed by atoms with Crippen LogP contribution in [0.3, 0.4) is 0 Å². The molecule has 0 amide bonds. The van der Waals surface area contributed by atoms with E-state index in [9.17, 15) is 0 Å². The minimum atomic E-state index is 0.0833. The number of hydrogen-bond donors (Lipinski definition) is 0. The standard InChI is InChI=1S/C18H42BO3/c1-13(2)20(14(3)4)19(21(15(5)6)16(7)8)22(17(9)10)18(11)12/h13-18H,1-12H3/q+3. The predicted octanol–water partition coefficient (Wildman–Crippen LogP) is 5.08. The Morgan fingerprint density at radius 1 is 0.364 bits per heavy atom. The van der Waals surface area contributed by atoms with Crippen LogP contribution in [0, 0.1) is 0 Å². The van der Waals surface area contributed by atoms with Gasteiger partial charge in [-0.05, 0) is 0 Å². The molecular formula is C18H42BO3+3. The molecule has 0 aliphatic heterocycles. The van der Waals surface area contributed by atoms with Crippen molar-refractivity contribution in [2.45, 2.75) is 120 Å². The molecule has 0 heterocycles. The van der Waals surface area contributed by atoms with Crippen LogP contribution in [0.15, 0.2) is 0 Å². The first-order valence-corrected chi connectivity index (χ1v) is 9.05. The lowest BCUT2D eigenvalue weighted by atomic mass is 10.0. The Morgan fingerprint density at radius 3 is 0.591 bits per heavy atom. The summed E-state index contributed by atoms with van der Waals surface area (Å²) in [6.45, 7) is 27.1. The van der Waals surface area contributed by atoms with E-state index in [1.165, 1.54) is 0 Å². The lowest BCUT2D eigenvalue weighted by molar-refractivity contribution is -0.281. The zero-order valence-electron chi connectivity index (χ0n) is 17.3. The average Bonchev–Trinajstić information content (AvgIpc) is 2.24. The van der Waals surface area contributed by atoms with Crippen LogP contribution in [0.25, 0.3) is 0 Å². The average molecular weight is 317 g/mol. The highest BCUT2D eigenvalue weighted by atomic mass is 16.9. The van der Waals surface area contributed by atoms with Crippen LogP contribution in [-0.4, -0.2) is 43.9 Å². The van der Waals surface area contributed by atoms with Crippen LogP contribution in [0.5, 0.6) is 0 Å². The first-order valence-electron chi connectivity index (χ1n) is 9.05. The fourth-order valence-corrected chi connectivity index (χ4v) is 3.35. The molecule has 0 saturated carbocycles. The minimum Gasteiger partial charge on any atom is -0.356 e. The maximum absolute atomic E-state index is 3.59. The molecule has 22 heavy (non-hydrogen) atoms. The van der Waals surface area contributed by atoms with E-state index in [1.54, 1.807) is 0 Å². The first-order chi connectivity index (χ1) is 9.93. The monoisotopic (exact) mass is 317 g/mol. The summed E-state index contributed by atoms with van der Waals surface area (Å²) in [4.78, 5) is 0. The van der Waals surface area contributed by atoms with Gasteiger partial charge in [0.15, 0.2) is 0 Å². The van der Waals surface area contributed by atoms with Gasteiger partial charge in [0, 0.05) is 83.1 Å². The van der Waals surface area contributed by atoms with Gasteiger partial charge < -0.3 is 12.9 Å². The van der Waals surface area contributed by atoms with Crippen LogP contribution >= 0.6 is 0 Å². The molecule has 0 spiro atoms. The molecule has 3 nitrogen and oxygen atoms in total. The fraction of sp³-hybridized carbons (Fsp3) is 1.00. The highest BCUT2D eigenvalue weighted by Gasteiger charge is 2.79. The largest absolute Gasteiger partial charge is 1.34 e. The maximum Gasteiger partial charge on any atom is 1.34 e. The topological polar surface area (TPSA) is 8.10 Å². The summed E-state index contributed by atoms with van der Waals surface area (Å²) < 4.78 is 10.8. The molecule has 4 heteroatoms. The van der Waals surface area contributed by atoms with Crippen molar-refractivity contribution >= 4 is 7.32 Å². The Labute approximate surface area is 140 Å². The van der Waals surface area contributed by atoms with E-state index < -0.39 is 0 Å². The maximum atomic E-state index is 3.59. The van der Waals surface area contributed by atoms with Gasteiger partial charge in [-0.15, -0.1) is 0 Å². The molecule has 0 unspecified atom stereocenters. The summed E-state index contributed by atoms with van der Waals surface area (Å²) in [7, 11) is 0.0833. The molecule has 0 aromatic carbocycles. The van der Waals surface area contributed by atoms with Crippen molar-refractivity contribution in [3.05, 3.63) is 0 Å². The lowest BCUT2D eigenvalue weighted by Crippen LogP contribution is -2.61. The van der Waals surface area contributed by atoms with Gasteiger partial charge in [-0.2, -0.15) is 0 Å². The molecule has 0 atom stereocenters. The molecule has 0 aromatic rings. The molecule has 132 valence electrons. The predicted molar refractivity (Wildman–Crippen MR) is 99.8 cm³/mol. The fourth-order valence-electron chi connectivity index (χ4n) is 3.35. The first kappa shape index (κ1) is 21.9. The van der Waals surface area contributed by atoms with Crippen LogP contribution in [0.4, 0.5) is 0 Å². The van der Waals surface area contributed by atoms with E-state index in [4.69, 9.17) is 0 Å². The van der Waals surface area contributed by atoms with E-state index in [0.717, 1.165) is 0 Å². The summed E-state index contributed by atoms with van der Waals surface area (Å²) in [5, 5.41) is 0. The van der Waals surface area contributed by atoms with E-state index >= 15 is 0 Å². The highest BCUT2D eigenvalue weighted by Crippen LogP contribution is 2.32. The lowest BCUT2D eigenvalue weighted by Gasteiger charge is -2.37. The van der Waals surface area contributed by atoms with E-state index in [0.29, 0.717) is 36.6 Å². The summed E-state index contributed by atoms with van der Waals surface area (Å²) in [6, 6.07) is 0. The molecule has 0 aliphatic carbocycles. The summed E-state index contributed by atoms with van der Waals surface area (Å²) in [5.41, 5.74) is 0. The summed E-state index contributed by atoms with van der Waals surface area (Å²) in [5.74, 6) is 0. The van der Waals surface area contributed by atoms with Gasteiger partial charge in [-0.3, -0.25) is 0 Å². The second kappa shape index (κ2) is 9.29. The van der Waals surface area contributed by atoms with Crippen LogP contribution in [0.1, 0.15) is 83.1 Å². The van der Waals surface area contributed by atoms with Crippen molar-refractivity contribution in [1.82, 2.24) is 0 Å². The quantitative estimate of drug-likeness (QED) is 0.414. The van der Waals surface area contributed by atoms with Gasteiger partial charge in [0.05, 0.1) is 0 Å². The van der Waals surface area contributed by atoms with E-state index in [2.05, 4.69) is 95.9 Å². The normalized spacial score (nSPS) is 13.5. The molecule has 0 N–H and O–H groups in total. The molecular weight excluding hydrogens is 275 g/mol. The second-order valence-electron chi connectivity index (χ2n) is 7.81. The van der Waals surface area contributed by atoms with Crippen molar-refractivity contribution < 1.29 is 12.9 Å². The van der Waals surface area contributed by atoms with E-state index in [1.807, 2.05) is 0 Å². The smallest absolute Gasteiger partial charge is 0.356 e. The molecule has 0 radical (unpaired) electrons. The highest BCUT2D eigenvalue weighted by molar-refractivity contribution is 6.40. The molecule has 0 aromatic heterocycles. The van der Waals surface area contributed by atoms with Crippen molar-refractivity contribution in [2.24, 2.45) is 0 Å². The van der Waals surface area contributed by atoms with Gasteiger partial charge >= 0.3 is 7.32 Å². The molecule has 0 aliphatic rings. The van der Waals surface area contributed by atoms with Crippen LogP contribution < -0.4 is 0 Å². The Bertz CT molecular complexity index is 229. The minimum absolute atomic E-state index is 0.0833. The SMILES string of the molecule is CC(C)[O+](B([O+](C(C)C)C(C)C)[O+](C(C)C)C(C)C)C(C)C. The number of hydrogen-bond acceptors (Lipinski definition) is 0. The van der Waals surface area contributed by atoms with Crippen LogP contribution in [-0.2, 0) is 12.9 Å². The third-order valence-electron chi connectivity index (χ3n) is 3.93. The molecule has 0 saturated heterocycles. The van der Waals surface area contributed by atoms with Gasteiger partial charge in [-0.25, -0.2) is 0 Å². The van der Waals surface area contributed by atoms with Crippen molar-refractivity contribution in [1.29, 1.82) is 0 Å². The summed E-state index contributed by atoms with van der Waals surface area (Å²) in [6.07, 6.45) is 2.36. The Kier molecular flexibility index (Phi) is 9.27. The van der Waals surface area contributed by atoms with Gasteiger partial charge in [0.2, 0.25) is 0 Å². The molecule has 0 rings (SSSR count). The summed E-state index contributed by atoms with van der Waals surface area (Å²) >= 11 is 0. The number of rotatable bonds is 9. The third kappa shape index (κ3) is 5.54. The van der Waals surface area contributed by atoms with Gasteiger partial charge in [0.1, 0.15) is 36.6 Å². The molecule has 0 fully saturated rings. The zero-order valence-corrected chi connectivity index (χ0v) is 17.3. The van der Waals surface area contributed by atoms with Gasteiger partial charge in [0.25, 0.3) is 0 Å². The van der Waals surface area contributed by atoms with Crippen LogP contribution in [0.2, 0.25) is 0 Å². The third-order valence-corrected chi connectivity index (χ3v) is 3.93. The second-order valence-corrected chi connectivity index (χ2v) is 7.81. The van der Waals surface area contributed by atoms with E-state index in [-0.39, 0.29) is 7.32 Å². The van der Waals surface area contributed by atoms with Crippen molar-refractivity contribution in [2.75, 3.05) is 0 Å². The van der Waals surface area contributed by atoms with Crippen molar-refractivity contribution in [3.8, 4) is 0 Å². The van der Waals surface area contributed by atoms with Gasteiger partial charge in [-0.1, -0.05) is 0 Å². The molecule has 0 bridgehead atoms. The Morgan fingerprint density at radius 2 is 0.500 bits per heavy atom. The zero-order chi connectivity index (χ0) is 17.8. The Hall–Kier alpha value is -0.0551.